The van der Waals surface area contributed by atoms with Crippen molar-refractivity contribution in [2.24, 2.45) is 0 Å². The summed E-state index contributed by atoms with van der Waals surface area (Å²) < 4.78 is 2.30. The molecule has 2 heterocycles. The minimum Gasteiger partial charge on any atom is -0.477 e. The fraction of sp³-hybridized carbons (Fsp3) is 0.0714. The first-order valence-electron chi connectivity index (χ1n) is 6.02. The van der Waals surface area contributed by atoms with E-state index in [1.807, 2.05) is 24.3 Å². The Kier molecular flexibility index (Phi) is 3.60. The number of hydrogen-bond donors (Lipinski definition) is 1. The third-order valence-electron chi connectivity index (χ3n) is 2.98. The summed E-state index contributed by atoms with van der Waals surface area (Å²) in [6, 6.07) is 7.89. The van der Waals surface area contributed by atoms with Gasteiger partial charge in [-0.05, 0) is 17.7 Å². The third kappa shape index (κ3) is 2.74. The molecule has 0 aliphatic heterocycles. The number of carboxylic acids is 1. The van der Waals surface area contributed by atoms with E-state index in [4.69, 9.17) is 5.11 Å². The van der Waals surface area contributed by atoms with Crippen molar-refractivity contribution in [3.8, 4) is 0 Å². The van der Waals surface area contributed by atoms with Crippen LogP contribution in [0.4, 0.5) is 0 Å². The van der Waals surface area contributed by atoms with Gasteiger partial charge in [-0.25, -0.2) is 9.78 Å². The number of rotatable bonds is 3. The first-order valence-corrected chi connectivity index (χ1v) is 7.63. The Morgan fingerprint density at radius 2 is 2.05 bits per heavy atom. The number of benzene rings is 1. The summed E-state index contributed by atoms with van der Waals surface area (Å²) in [5.41, 5.74) is 0.238. The molecule has 0 atom stereocenters. The number of aromatic carboxylic acids is 1. The highest BCUT2D eigenvalue weighted by Crippen LogP contribution is 2.20. The average Bonchev–Trinajstić information content (AvgIpc) is 2.85. The Hall–Kier alpha value is -1.99. The second-order valence-electron chi connectivity index (χ2n) is 4.44. The highest BCUT2D eigenvalue weighted by atomic mass is 79.9. The van der Waals surface area contributed by atoms with Crippen LogP contribution >= 0.6 is 27.3 Å². The van der Waals surface area contributed by atoms with Gasteiger partial charge in [0.15, 0.2) is 4.96 Å². The fourth-order valence-corrected chi connectivity index (χ4v) is 3.20. The first kappa shape index (κ1) is 14.0. The number of hydrogen-bond acceptors (Lipinski definition) is 4. The van der Waals surface area contributed by atoms with Crippen molar-refractivity contribution >= 4 is 38.2 Å². The predicted molar refractivity (Wildman–Crippen MR) is 83.2 cm³/mol. The topological polar surface area (TPSA) is 71.7 Å². The molecule has 7 heteroatoms. The zero-order chi connectivity index (χ0) is 15.0. The van der Waals surface area contributed by atoms with Crippen LogP contribution in [-0.4, -0.2) is 20.5 Å². The van der Waals surface area contributed by atoms with E-state index >= 15 is 0 Å². The van der Waals surface area contributed by atoms with Crippen LogP contribution in [0.2, 0.25) is 0 Å². The van der Waals surface area contributed by atoms with Crippen LogP contribution in [0.25, 0.3) is 4.96 Å². The van der Waals surface area contributed by atoms with Gasteiger partial charge >= 0.3 is 5.97 Å². The van der Waals surface area contributed by atoms with Gasteiger partial charge in [0.1, 0.15) is 5.56 Å². The average molecular weight is 365 g/mol. The predicted octanol–water partition coefficient (Wildman–Crippen LogP) is 2.81. The zero-order valence-corrected chi connectivity index (χ0v) is 13.0. The van der Waals surface area contributed by atoms with Gasteiger partial charge in [0.2, 0.25) is 0 Å². The number of carboxylic acid groups (broad SMARTS) is 1. The normalized spacial score (nSPS) is 10.9. The van der Waals surface area contributed by atoms with E-state index in [2.05, 4.69) is 20.9 Å². The van der Waals surface area contributed by atoms with Gasteiger partial charge in [-0.1, -0.05) is 28.1 Å². The summed E-state index contributed by atoms with van der Waals surface area (Å²) in [5, 5.41) is 8.94. The molecule has 0 radical (unpaired) electrons. The van der Waals surface area contributed by atoms with Gasteiger partial charge in [-0.3, -0.25) is 9.20 Å². The molecule has 0 unspecified atom stereocenters. The standard InChI is InChI=1S/C14H9BrN2O3S/c15-9-3-1-8(2-4-9)5-10-7-17-12(18)11(13(19)20)6-16-14(17)21-10/h1-4,6-7H,5H2,(H,19,20). The molecule has 5 nitrogen and oxygen atoms in total. The lowest BCUT2D eigenvalue weighted by molar-refractivity contribution is 0.0694. The highest BCUT2D eigenvalue weighted by Gasteiger charge is 2.13. The van der Waals surface area contributed by atoms with E-state index in [1.165, 1.54) is 15.7 Å². The Balaban J connectivity index is 2.01. The number of carbonyl (C=O) groups is 1. The molecule has 0 saturated carbocycles. The summed E-state index contributed by atoms with van der Waals surface area (Å²) in [4.78, 5) is 28.4. The van der Waals surface area contributed by atoms with E-state index in [-0.39, 0.29) is 5.56 Å². The van der Waals surface area contributed by atoms with E-state index < -0.39 is 11.5 Å². The second kappa shape index (κ2) is 5.42. The number of fused-ring (bicyclic) bond motifs is 1. The number of thiazole rings is 1. The minimum absolute atomic E-state index is 0.319. The maximum absolute atomic E-state index is 12.0. The lowest BCUT2D eigenvalue weighted by Crippen LogP contribution is -2.21. The molecule has 1 aromatic carbocycles. The van der Waals surface area contributed by atoms with Crippen molar-refractivity contribution in [2.45, 2.75) is 6.42 Å². The SMILES string of the molecule is O=C(O)c1cnc2sc(Cc3ccc(Br)cc3)cn2c1=O. The van der Waals surface area contributed by atoms with Gasteiger partial charge < -0.3 is 5.11 Å². The van der Waals surface area contributed by atoms with Crippen molar-refractivity contribution in [3.63, 3.8) is 0 Å². The lowest BCUT2D eigenvalue weighted by atomic mass is 10.1. The van der Waals surface area contributed by atoms with Gasteiger partial charge in [0.25, 0.3) is 5.56 Å². The smallest absolute Gasteiger partial charge is 0.342 e. The van der Waals surface area contributed by atoms with E-state index in [1.54, 1.807) is 6.20 Å². The number of aromatic nitrogens is 2. The molecular weight excluding hydrogens is 356 g/mol. The molecule has 0 aliphatic rings. The van der Waals surface area contributed by atoms with Crippen LogP contribution < -0.4 is 5.56 Å². The van der Waals surface area contributed by atoms with Gasteiger partial charge in [-0.2, -0.15) is 0 Å². The van der Waals surface area contributed by atoms with Crippen LogP contribution in [0.5, 0.6) is 0 Å². The molecule has 0 fully saturated rings. The van der Waals surface area contributed by atoms with Crippen LogP contribution in [0.3, 0.4) is 0 Å². The molecule has 106 valence electrons. The van der Waals surface area contributed by atoms with Crippen molar-refractivity contribution in [1.82, 2.24) is 9.38 Å². The molecular formula is C14H9BrN2O3S. The van der Waals surface area contributed by atoms with Crippen LogP contribution in [0, 0.1) is 0 Å². The molecule has 0 amide bonds. The number of nitrogens with zero attached hydrogens (tertiary/aromatic N) is 2. The van der Waals surface area contributed by atoms with Gasteiger partial charge in [-0.15, -0.1) is 11.3 Å². The monoisotopic (exact) mass is 364 g/mol. The van der Waals surface area contributed by atoms with Crippen molar-refractivity contribution < 1.29 is 9.90 Å². The Labute approximate surface area is 131 Å². The first-order chi connectivity index (χ1) is 10.0. The molecule has 3 rings (SSSR count). The molecule has 21 heavy (non-hydrogen) atoms. The van der Waals surface area contributed by atoms with Crippen LogP contribution in [0.1, 0.15) is 20.8 Å². The Bertz CT molecular complexity index is 883. The molecule has 0 aliphatic carbocycles. The maximum atomic E-state index is 12.0. The molecule has 0 saturated heterocycles. The summed E-state index contributed by atoms with van der Waals surface area (Å²) in [6.45, 7) is 0. The zero-order valence-electron chi connectivity index (χ0n) is 10.6. The maximum Gasteiger partial charge on any atom is 0.342 e. The Morgan fingerprint density at radius 3 is 2.71 bits per heavy atom. The van der Waals surface area contributed by atoms with E-state index in [9.17, 15) is 9.59 Å². The Morgan fingerprint density at radius 1 is 1.33 bits per heavy atom. The quantitative estimate of drug-likeness (QED) is 0.775. The lowest BCUT2D eigenvalue weighted by Gasteiger charge is -1.97. The van der Waals surface area contributed by atoms with Gasteiger partial charge in [0, 0.05) is 22.0 Å². The third-order valence-corrected chi connectivity index (χ3v) is 4.50. The molecule has 2 aromatic heterocycles. The van der Waals surface area contributed by atoms with Gasteiger partial charge in [0.05, 0.1) is 6.20 Å². The minimum atomic E-state index is -1.26. The van der Waals surface area contributed by atoms with Crippen LogP contribution in [0.15, 0.2) is 45.9 Å². The number of halogens is 1. The van der Waals surface area contributed by atoms with Crippen molar-refractivity contribution in [3.05, 3.63) is 67.5 Å². The summed E-state index contributed by atoms with van der Waals surface area (Å²) in [5.74, 6) is -1.26. The summed E-state index contributed by atoms with van der Waals surface area (Å²) in [6.07, 6.45) is 3.44. The van der Waals surface area contributed by atoms with Crippen LogP contribution in [-0.2, 0) is 6.42 Å². The molecule has 0 spiro atoms. The summed E-state index contributed by atoms with van der Waals surface area (Å²) >= 11 is 4.76. The fourth-order valence-electron chi connectivity index (χ4n) is 1.96. The molecule has 0 bridgehead atoms. The molecule has 1 N–H and O–H groups in total. The highest BCUT2D eigenvalue weighted by molar-refractivity contribution is 9.10. The largest absolute Gasteiger partial charge is 0.477 e. The van der Waals surface area contributed by atoms with E-state index in [0.29, 0.717) is 11.4 Å². The van der Waals surface area contributed by atoms with Crippen molar-refractivity contribution in [2.75, 3.05) is 0 Å². The van der Waals surface area contributed by atoms with E-state index in [0.717, 1.165) is 21.1 Å². The molecule has 3 aromatic rings. The van der Waals surface area contributed by atoms with Crippen molar-refractivity contribution in [1.29, 1.82) is 0 Å². The second-order valence-corrected chi connectivity index (χ2v) is 6.44. The summed E-state index contributed by atoms with van der Waals surface area (Å²) in [7, 11) is 0.